The number of halogens is 1. The van der Waals surface area contributed by atoms with E-state index in [1.807, 2.05) is 35.4 Å². The molecule has 11 heteroatoms. The Kier molecular flexibility index (Phi) is 6.48. The first-order valence-electron chi connectivity index (χ1n) is 11.6. The minimum Gasteiger partial charge on any atom is -0.495 e. The minimum atomic E-state index is -0.508. The summed E-state index contributed by atoms with van der Waals surface area (Å²) in [7, 11) is 1.60. The van der Waals surface area contributed by atoms with Crippen molar-refractivity contribution < 1.29 is 14.3 Å². The molecule has 0 unspecified atom stereocenters. The molecule has 1 aromatic heterocycles. The zero-order valence-electron chi connectivity index (χ0n) is 20.2. The summed E-state index contributed by atoms with van der Waals surface area (Å²) in [4.78, 5) is 31.4. The molecule has 0 aliphatic carbocycles. The van der Waals surface area contributed by atoms with Crippen LogP contribution in [0.5, 0.6) is 5.75 Å². The fourth-order valence-corrected chi connectivity index (χ4v) is 5.65. The fourth-order valence-electron chi connectivity index (χ4n) is 4.61. The number of nitrogens with zero attached hydrogens (tertiary/aromatic N) is 5. The Balaban J connectivity index is 1.44. The average Bonchev–Trinajstić information content (AvgIpc) is 3.57. The number of fused-ring (bicyclic) bond motifs is 1. The first-order chi connectivity index (χ1) is 17.3. The number of rotatable bonds is 5. The van der Waals surface area contributed by atoms with E-state index in [2.05, 4.69) is 10.1 Å². The number of aliphatic imine (C=N–C) groups is 1. The summed E-state index contributed by atoms with van der Waals surface area (Å²) < 4.78 is 7.52. The molecule has 0 atom stereocenters. The van der Waals surface area contributed by atoms with Crippen molar-refractivity contribution in [3.63, 3.8) is 0 Å². The third-order valence-corrected chi connectivity index (χ3v) is 7.55. The van der Waals surface area contributed by atoms with Crippen molar-refractivity contribution in [3.05, 3.63) is 51.8 Å². The van der Waals surface area contributed by atoms with Crippen molar-refractivity contribution in [1.82, 2.24) is 14.5 Å². The van der Waals surface area contributed by atoms with Crippen molar-refractivity contribution in [1.29, 1.82) is 5.41 Å². The molecule has 4 heterocycles. The topological polar surface area (TPSA) is 103 Å². The number of methoxy groups -OCH3 is 1. The molecule has 5 rings (SSSR count). The van der Waals surface area contributed by atoms with Crippen molar-refractivity contribution in [2.45, 2.75) is 33.1 Å². The van der Waals surface area contributed by atoms with Crippen LogP contribution < -0.4 is 4.74 Å². The predicted molar refractivity (Wildman–Crippen MR) is 142 cm³/mol. The zero-order chi connectivity index (χ0) is 25.6. The van der Waals surface area contributed by atoms with Gasteiger partial charge in [-0.2, -0.15) is 15.1 Å². The molecule has 3 aliphatic heterocycles. The van der Waals surface area contributed by atoms with Crippen LogP contribution in [0.3, 0.4) is 0 Å². The van der Waals surface area contributed by atoms with Gasteiger partial charge in [0.2, 0.25) is 11.1 Å². The second-order valence-corrected chi connectivity index (χ2v) is 10.2. The molecule has 9 nitrogen and oxygen atoms in total. The smallest absolute Gasteiger partial charge is 0.283 e. The van der Waals surface area contributed by atoms with E-state index in [9.17, 15) is 9.59 Å². The summed E-state index contributed by atoms with van der Waals surface area (Å²) in [5, 5.41) is 15.9. The first-order valence-corrected chi connectivity index (χ1v) is 12.8. The van der Waals surface area contributed by atoms with Crippen LogP contribution in [0.25, 0.3) is 11.8 Å². The van der Waals surface area contributed by atoms with E-state index in [-0.39, 0.29) is 23.7 Å². The van der Waals surface area contributed by atoms with Crippen LogP contribution in [-0.2, 0) is 9.59 Å². The summed E-state index contributed by atoms with van der Waals surface area (Å²) in [6.45, 7) is 5.41. The molecule has 0 radical (unpaired) electrons. The van der Waals surface area contributed by atoms with Crippen LogP contribution in [-0.4, -0.2) is 62.5 Å². The molecule has 2 aromatic rings. The van der Waals surface area contributed by atoms with Gasteiger partial charge >= 0.3 is 0 Å². The van der Waals surface area contributed by atoms with Gasteiger partial charge in [-0.25, -0.2) is 0 Å². The number of benzene rings is 1. The van der Waals surface area contributed by atoms with Crippen molar-refractivity contribution in [2.75, 3.05) is 20.2 Å². The highest BCUT2D eigenvalue weighted by molar-refractivity contribution is 8.27. The number of hydrogen-bond donors (Lipinski definition) is 1. The normalized spacial score (nSPS) is 18.6. The molecule has 3 aliphatic rings. The number of likely N-dealkylation sites (tertiary alicyclic amines) is 1. The molecule has 2 amide bonds. The number of carbonyl (C=O) groups is 2. The Morgan fingerprint density at radius 1 is 1.25 bits per heavy atom. The molecule has 1 fully saturated rings. The molecule has 0 spiro atoms. The monoisotopic (exact) mass is 524 g/mol. The van der Waals surface area contributed by atoms with Crippen LogP contribution >= 0.6 is 23.4 Å². The Labute approximate surface area is 218 Å². The quantitative estimate of drug-likeness (QED) is 0.584. The van der Waals surface area contributed by atoms with Crippen LogP contribution in [0.15, 0.2) is 39.9 Å². The lowest BCUT2D eigenvalue weighted by Gasteiger charge is -2.20. The van der Waals surface area contributed by atoms with E-state index in [0.717, 1.165) is 48.6 Å². The Morgan fingerprint density at radius 3 is 2.72 bits per heavy atom. The van der Waals surface area contributed by atoms with Crippen molar-refractivity contribution in [3.8, 4) is 11.4 Å². The average molecular weight is 525 g/mol. The molecule has 0 bridgehead atoms. The van der Waals surface area contributed by atoms with E-state index >= 15 is 0 Å². The van der Waals surface area contributed by atoms with E-state index in [0.29, 0.717) is 21.0 Å². The molecular weight excluding hydrogens is 500 g/mol. The van der Waals surface area contributed by atoms with Gasteiger partial charge in [-0.1, -0.05) is 11.6 Å². The third-order valence-electron chi connectivity index (χ3n) is 6.41. The standard InChI is InChI=1S/C25H25ClN6O3S/c1-14-10-16(15(2)31(14)19-12-17(26)6-7-20(19)35-3)11-18-23(27)32-25(28-24(18)34)36-21(29-32)13-22(33)30-8-4-5-9-30/h6-7,10-12,27H,4-5,8-9,13H2,1-3H3/b18-11+,27-23?. The molecule has 1 N–H and O–H groups in total. The van der Waals surface area contributed by atoms with E-state index in [4.69, 9.17) is 21.7 Å². The summed E-state index contributed by atoms with van der Waals surface area (Å²) in [5.41, 5.74) is 3.45. The van der Waals surface area contributed by atoms with Crippen LogP contribution in [0.2, 0.25) is 5.02 Å². The molecule has 1 aromatic carbocycles. The lowest BCUT2D eigenvalue weighted by molar-refractivity contribution is -0.128. The highest BCUT2D eigenvalue weighted by Crippen LogP contribution is 2.33. The van der Waals surface area contributed by atoms with Gasteiger partial charge < -0.3 is 14.2 Å². The van der Waals surface area contributed by atoms with Crippen molar-refractivity contribution in [2.24, 2.45) is 10.1 Å². The number of aryl methyl sites for hydroxylation is 1. The van der Waals surface area contributed by atoms with E-state index in [1.165, 1.54) is 16.8 Å². The largest absolute Gasteiger partial charge is 0.495 e. The van der Waals surface area contributed by atoms with Crippen molar-refractivity contribution >= 4 is 57.3 Å². The van der Waals surface area contributed by atoms with Gasteiger partial charge in [0, 0.05) is 29.5 Å². The van der Waals surface area contributed by atoms with E-state index < -0.39 is 5.91 Å². The van der Waals surface area contributed by atoms with Crippen LogP contribution in [0.1, 0.15) is 36.2 Å². The number of hydrogen-bond acceptors (Lipinski definition) is 6. The van der Waals surface area contributed by atoms with Crippen LogP contribution in [0.4, 0.5) is 0 Å². The number of nitrogens with one attached hydrogen (secondary N) is 1. The summed E-state index contributed by atoms with van der Waals surface area (Å²) >= 11 is 7.42. The number of ether oxygens (including phenoxy) is 1. The summed E-state index contributed by atoms with van der Waals surface area (Å²) in [6.07, 6.45) is 3.84. The van der Waals surface area contributed by atoms with Crippen LogP contribution in [0, 0.1) is 19.3 Å². The second-order valence-electron chi connectivity index (χ2n) is 8.76. The Bertz CT molecular complexity index is 1390. The highest BCUT2D eigenvalue weighted by atomic mass is 35.5. The Hall–Kier alpha value is -3.37. The van der Waals surface area contributed by atoms with Gasteiger partial charge in [-0.05, 0) is 74.4 Å². The zero-order valence-corrected chi connectivity index (χ0v) is 21.7. The maximum Gasteiger partial charge on any atom is 0.283 e. The lowest BCUT2D eigenvalue weighted by atomic mass is 10.1. The molecule has 1 saturated heterocycles. The predicted octanol–water partition coefficient (Wildman–Crippen LogP) is 4.39. The fraction of sp³-hybridized carbons (Fsp3) is 0.320. The number of thioether (sulfide) groups is 1. The molecule has 0 saturated carbocycles. The number of carbonyl (C=O) groups excluding carboxylic acids is 2. The molecular formula is C25H25ClN6O3S. The summed E-state index contributed by atoms with van der Waals surface area (Å²) in [5.74, 6) is 0.102. The van der Waals surface area contributed by atoms with Gasteiger partial charge in [0.25, 0.3) is 5.91 Å². The number of amidine groups is 2. The SMILES string of the molecule is COc1ccc(Cl)cc1-n1c(C)cc(/C=C2\C(=N)N3N=C(CC(=O)N4CCCC4)SC3=NC2=O)c1C. The number of aromatic nitrogens is 1. The van der Waals surface area contributed by atoms with Gasteiger partial charge in [0.1, 0.15) is 10.8 Å². The maximum atomic E-state index is 12.9. The van der Waals surface area contributed by atoms with E-state index in [1.54, 1.807) is 25.3 Å². The summed E-state index contributed by atoms with van der Waals surface area (Å²) in [6, 6.07) is 7.33. The van der Waals surface area contributed by atoms with Gasteiger partial charge in [0.15, 0.2) is 5.84 Å². The lowest BCUT2D eigenvalue weighted by Crippen LogP contribution is -2.35. The second kappa shape index (κ2) is 9.59. The highest BCUT2D eigenvalue weighted by Gasteiger charge is 2.36. The number of hydrazone groups is 1. The van der Waals surface area contributed by atoms with Gasteiger partial charge in [-0.3, -0.25) is 15.0 Å². The molecule has 36 heavy (non-hydrogen) atoms. The van der Waals surface area contributed by atoms with Gasteiger partial charge in [-0.15, -0.1) is 0 Å². The maximum absolute atomic E-state index is 12.9. The number of amides is 2. The first kappa shape index (κ1) is 24.3. The van der Waals surface area contributed by atoms with Gasteiger partial charge in [0.05, 0.1) is 24.8 Å². The Morgan fingerprint density at radius 2 is 2.00 bits per heavy atom. The molecule has 186 valence electrons. The third kappa shape index (κ3) is 4.35. The minimum absolute atomic E-state index is 0.0108.